The van der Waals surface area contributed by atoms with Gasteiger partial charge in [-0.15, -0.1) is 0 Å². The van der Waals surface area contributed by atoms with Gasteiger partial charge in [-0.3, -0.25) is 4.79 Å². The summed E-state index contributed by atoms with van der Waals surface area (Å²) in [5.74, 6) is -1.47. The fourth-order valence-electron chi connectivity index (χ4n) is 1.21. The number of carbonyl (C=O) groups excluding carboxylic acids is 1. The molecule has 2 N–H and O–H groups in total. The molecule has 0 saturated heterocycles. The van der Waals surface area contributed by atoms with Gasteiger partial charge in [0.15, 0.2) is 0 Å². The summed E-state index contributed by atoms with van der Waals surface area (Å²) < 4.78 is 5.03. The first kappa shape index (κ1) is 14.9. The van der Waals surface area contributed by atoms with Gasteiger partial charge in [0.05, 0.1) is 0 Å². The average molecular weight is 231 g/mol. The highest BCUT2D eigenvalue weighted by Crippen LogP contribution is 2.07. The van der Waals surface area contributed by atoms with Gasteiger partial charge in [-0.25, -0.2) is 4.79 Å². The van der Waals surface area contributed by atoms with E-state index in [2.05, 4.69) is 5.32 Å². The number of ether oxygens (including phenoxy) is 1. The Morgan fingerprint density at radius 2 is 2.00 bits per heavy atom. The van der Waals surface area contributed by atoms with Crippen molar-refractivity contribution in [3.8, 4) is 0 Å². The second-order valence-corrected chi connectivity index (χ2v) is 3.82. The molecule has 5 nitrogen and oxygen atoms in total. The van der Waals surface area contributed by atoms with Crippen molar-refractivity contribution >= 4 is 11.9 Å². The Bertz CT molecular complexity index is 230. The van der Waals surface area contributed by atoms with E-state index in [4.69, 9.17) is 9.84 Å². The molecular weight excluding hydrogens is 210 g/mol. The Morgan fingerprint density at radius 1 is 1.38 bits per heavy atom. The third kappa shape index (κ3) is 5.70. The lowest BCUT2D eigenvalue weighted by molar-refractivity contribution is -0.144. The lowest BCUT2D eigenvalue weighted by Crippen LogP contribution is -2.46. The summed E-state index contributed by atoms with van der Waals surface area (Å²) in [4.78, 5) is 22.3. The maximum Gasteiger partial charge on any atom is 0.326 e. The molecule has 16 heavy (non-hydrogen) atoms. The van der Waals surface area contributed by atoms with E-state index in [0.717, 1.165) is 6.42 Å². The van der Waals surface area contributed by atoms with E-state index >= 15 is 0 Å². The van der Waals surface area contributed by atoms with Crippen LogP contribution in [0.25, 0.3) is 0 Å². The second kappa shape index (κ2) is 8.10. The van der Waals surface area contributed by atoms with Crippen LogP contribution in [-0.2, 0) is 14.3 Å². The molecule has 0 aliphatic heterocycles. The number of amides is 1. The van der Waals surface area contributed by atoms with Crippen molar-refractivity contribution in [3.63, 3.8) is 0 Å². The van der Waals surface area contributed by atoms with Gasteiger partial charge in [0.25, 0.3) is 0 Å². The predicted molar refractivity (Wildman–Crippen MR) is 60.1 cm³/mol. The van der Waals surface area contributed by atoms with Crippen LogP contribution < -0.4 is 5.32 Å². The molecule has 0 spiro atoms. The third-order valence-corrected chi connectivity index (χ3v) is 2.38. The van der Waals surface area contributed by atoms with Crippen LogP contribution in [0, 0.1) is 5.92 Å². The second-order valence-electron chi connectivity index (χ2n) is 3.82. The number of carbonyl (C=O) groups is 2. The molecule has 0 heterocycles. The van der Waals surface area contributed by atoms with E-state index in [1.165, 1.54) is 0 Å². The molecule has 0 aliphatic rings. The zero-order valence-electron chi connectivity index (χ0n) is 10.2. The first-order chi connectivity index (χ1) is 7.52. The molecule has 0 bridgehead atoms. The molecule has 0 aromatic rings. The molecule has 0 fully saturated rings. The van der Waals surface area contributed by atoms with Crippen LogP contribution in [0.4, 0.5) is 0 Å². The SMILES string of the molecule is CCCOCC(=O)NC(C(=O)O)C(C)CC. The minimum Gasteiger partial charge on any atom is -0.480 e. The summed E-state index contributed by atoms with van der Waals surface area (Å²) >= 11 is 0. The summed E-state index contributed by atoms with van der Waals surface area (Å²) in [5.41, 5.74) is 0. The minimum atomic E-state index is -1.00. The van der Waals surface area contributed by atoms with Crippen molar-refractivity contribution in [2.24, 2.45) is 5.92 Å². The van der Waals surface area contributed by atoms with Gasteiger partial charge in [-0.05, 0) is 12.3 Å². The fourth-order valence-corrected chi connectivity index (χ4v) is 1.21. The fraction of sp³-hybridized carbons (Fsp3) is 0.818. The van der Waals surface area contributed by atoms with Crippen molar-refractivity contribution in [3.05, 3.63) is 0 Å². The molecule has 0 radical (unpaired) electrons. The number of carboxylic acid groups (broad SMARTS) is 1. The smallest absolute Gasteiger partial charge is 0.326 e. The maximum absolute atomic E-state index is 11.4. The van der Waals surface area contributed by atoms with Gasteiger partial charge in [0.2, 0.25) is 5.91 Å². The van der Waals surface area contributed by atoms with Crippen LogP contribution in [0.1, 0.15) is 33.6 Å². The molecule has 2 unspecified atom stereocenters. The maximum atomic E-state index is 11.4. The number of nitrogens with one attached hydrogen (secondary N) is 1. The van der Waals surface area contributed by atoms with Crippen molar-refractivity contribution < 1.29 is 19.4 Å². The van der Waals surface area contributed by atoms with Crippen LogP contribution in [0.3, 0.4) is 0 Å². The van der Waals surface area contributed by atoms with Gasteiger partial charge in [0.1, 0.15) is 12.6 Å². The Labute approximate surface area is 96.2 Å². The average Bonchev–Trinajstić information content (AvgIpc) is 2.25. The molecule has 0 saturated carbocycles. The zero-order chi connectivity index (χ0) is 12.6. The van der Waals surface area contributed by atoms with Crippen LogP contribution in [0.2, 0.25) is 0 Å². The largest absolute Gasteiger partial charge is 0.480 e. The number of aliphatic carboxylic acids is 1. The van der Waals surface area contributed by atoms with E-state index in [1.54, 1.807) is 6.92 Å². The van der Waals surface area contributed by atoms with Gasteiger partial charge in [-0.1, -0.05) is 27.2 Å². The van der Waals surface area contributed by atoms with Crippen LogP contribution in [-0.4, -0.2) is 36.2 Å². The van der Waals surface area contributed by atoms with Crippen molar-refractivity contribution in [1.82, 2.24) is 5.32 Å². The van der Waals surface area contributed by atoms with Crippen molar-refractivity contribution in [2.45, 2.75) is 39.7 Å². The van der Waals surface area contributed by atoms with E-state index in [9.17, 15) is 9.59 Å². The van der Waals surface area contributed by atoms with Gasteiger partial charge in [-0.2, -0.15) is 0 Å². The van der Waals surface area contributed by atoms with E-state index < -0.39 is 12.0 Å². The molecular formula is C11H21NO4. The molecule has 1 amide bonds. The number of rotatable bonds is 8. The standard InChI is InChI=1S/C11H21NO4/c1-4-6-16-7-9(13)12-10(11(14)15)8(3)5-2/h8,10H,4-7H2,1-3H3,(H,12,13)(H,14,15). The van der Waals surface area contributed by atoms with Crippen LogP contribution in [0.5, 0.6) is 0 Å². The van der Waals surface area contributed by atoms with Crippen molar-refractivity contribution in [1.29, 1.82) is 0 Å². The van der Waals surface area contributed by atoms with Crippen molar-refractivity contribution in [2.75, 3.05) is 13.2 Å². The lowest BCUT2D eigenvalue weighted by atomic mass is 9.99. The highest BCUT2D eigenvalue weighted by Gasteiger charge is 2.24. The topological polar surface area (TPSA) is 75.6 Å². The van der Waals surface area contributed by atoms with Gasteiger partial charge in [0, 0.05) is 6.61 Å². The summed E-state index contributed by atoms with van der Waals surface area (Å²) in [7, 11) is 0. The normalized spacial score (nSPS) is 14.2. The number of carboxylic acids is 1. The quantitative estimate of drug-likeness (QED) is 0.612. The molecule has 5 heteroatoms. The minimum absolute atomic E-state index is 0.0753. The molecule has 2 atom stereocenters. The number of hydrogen-bond donors (Lipinski definition) is 2. The first-order valence-electron chi connectivity index (χ1n) is 5.62. The summed E-state index contributed by atoms with van der Waals surface area (Å²) in [5, 5.41) is 11.4. The molecule has 0 rings (SSSR count). The van der Waals surface area contributed by atoms with Crippen LogP contribution in [0.15, 0.2) is 0 Å². The Morgan fingerprint density at radius 3 is 2.44 bits per heavy atom. The van der Waals surface area contributed by atoms with Crippen LogP contribution >= 0.6 is 0 Å². The third-order valence-electron chi connectivity index (χ3n) is 2.38. The van der Waals surface area contributed by atoms with E-state index in [-0.39, 0.29) is 18.4 Å². The molecule has 0 aromatic heterocycles. The van der Waals surface area contributed by atoms with Gasteiger partial charge < -0.3 is 15.2 Å². The number of hydrogen-bond acceptors (Lipinski definition) is 3. The summed E-state index contributed by atoms with van der Waals surface area (Å²) in [6.45, 7) is 6.06. The highest BCUT2D eigenvalue weighted by atomic mass is 16.5. The first-order valence-corrected chi connectivity index (χ1v) is 5.62. The summed E-state index contributed by atoms with van der Waals surface area (Å²) in [6.07, 6.45) is 1.54. The van der Waals surface area contributed by atoms with E-state index in [1.807, 2.05) is 13.8 Å². The Kier molecular flexibility index (Phi) is 7.54. The van der Waals surface area contributed by atoms with E-state index in [0.29, 0.717) is 13.0 Å². The lowest BCUT2D eigenvalue weighted by Gasteiger charge is -2.19. The zero-order valence-corrected chi connectivity index (χ0v) is 10.2. The highest BCUT2D eigenvalue weighted by molar-refractivity contribution is 5.84. The predicted octanol–water partition coefficient (Wildman–Crippen LogP) is 1.03. The Hall–Kier alpha value is -1.10. The monoisotopic (exact) mass is 231 g/mol. The molecule has 0 aromatic carbocycles. The molecule has 94 valence electrons. The Balaban J connectivity index is 4.09. The summed E-state index contributed by atoms with van der Waals surface area (Å²) in [6, 6.07) is -0.831. The van der Waals surface area contributed by atoms with Gasteiger partial charge >= 0.3 is 5.97 Å². The molecule has 0 aliphatic carbocycles.